The highest BCUT2D eigenvalue weighted by molar-refractivity contribution is 7.98. The molecule has 106 valence electrons. The molecule has 0 heterocycles. The Hall–Kier alpha value is -1.00. The molecule has 0 bridgehead atoms. The Bertz CT molecular complexity index is 409. The molecule has 0 saturated carbocycles. The van der Waals surface area contributed by atoms with Gasteiger partial charge in [-0.15, -0.1) is 0 Å². The van der Waals surface area contributed by atoms with Crippen molar-refractivity contribution in [2.24, 2.45) is 0 Å². The number of hydrogen-bond acceptors (Lipinski definition) is 4. The highest BCUT2D eigenvalue weighted by Crippen LogP contribution is 2.15. The molecule has 1 aromatic rings. The van der Waals surface area contributed by atoms with Crippen LogP contribution in [0.5, 0.6) is 0 Å². The van der Waals surface area contributed by atoms with Gasteiger partial charge in [0.05, 0.1) is 12.7 Å². The minimum absolute atomic E-state index is 0.263. The van der Waals surface area contributed by atoms with E-state index < -0.39 is 0 Å². The zero-order valence-corrected chi connectivity index (χ0v) is 13.0. The number of benzene rings is 1. The molecule has 0 N–H and O–H groups in total. The third-order valence-electron chi connectivity index (χ3n) is 3.33. The largest absolute Gasteiger partial charge is 0.465 e. The number of thioether (sulfide) groups is 1. The second-order valence-electron chi connectivity index (χ2n) is 4.69. The fourth-order valence-electron chi connectivity index (χ4n) is 1.90. The van der Waals surface area contributed by atoms with Crippen molar-refractivity contribution in [1.29, 1.82) is 0 Å². The summed E-state index contributed by atoms with van der Waals surface area (Å²) in [5, 5.41) is 0. The number of rotatable bonds is 7. The van der Waals surface area contributed by atoms with Crippen molar-refractivity contribution in [3.8, 4) is 0 Å². The van der Waals surface area contributed by atoms with E-state index in [0.717, 1.165) is 24.3 Å². The average Bonchev–Trinajstić information content (AvgIpc) is 2.44. The zero-order valence-electron chi connectivity index (χ0n) is 12.2. The van der Waals surface area contributed by atoms with Crippen LogP contribution in [0, 0.1) is 0 Å². The van der Waals surface area contributed by atoms with Gasteiger partial charge in [-0.1, -0.05) is 18.2 Å². The predicted molar refractivity (Wildman–Crippen MR) is 81.7 cm³/mol. The lowest BCUT2D eigenvalue weighted by Crippen LogP contribution is -2.29. The van der Waals surface area contributed by atoms with Gasteiger partial charge in [0.2, 0.25) is 0 Å². The first-order valence-corrected chi connectivity index (χ1v) is 7.85. The lowest BCUT2D eigenvalue weighted by molar-refractivity contribution is 0.0598. The molecule has 1 rings (SSSR count). The van der Waals surface area contributed by atoms with Crippen LogP contribution in [0.4, 0.5) is 0 Å². The van der Waals surface area contributed by atoms with E-state index in [1.54, 1.807) is 0 Å². The third-order valence-corrected chi connectivity index (χ3v) is 3.98. The monoisotopic (exact) mass is 281 g/mol. The van der Waals surface area contributed by atoms with Gasteiger partial charge in [-0.05, 0) is 44.0 Å². The van der Waals surface area contributed by atoms with Gasteiger partial charge in [-0.25, -0.2) is 4.79 Å². The van der Waals surface area contributed by atoms with Gasteiger partial charge in [0.15, 0.2) is 0 Å². The SMILES string of the molecule is COC(=O)c1ccccc1CN(C)C(C)CCSC. The predicted octanol–water partition coefficient (Wildman–Crippen LogP) is 3.05. The molecular formula is C15H23NO2S. The third kappa shape index (κ3) is 4.88. The highest BCUT2D eigenvalue weighted by atomic mass is 32.2. The van der Waals surface area contributed by atoms with Crippen LogP contribution in [-0.2, 0) is 11.3 Å². The summed E-state index contributed by atoms with van der Waals surface area (Å²) >= 11 is 1.86. The Balaban J connectivity index is 2.73. The van der Waals surface area contributed by atoms with Gasteiger partial charge in [-0.2, -0.15) is 11.8 Å². The van der Waals surface area contributed by atoms with Crippen molar-refractivity contribution >= 4 is 17.7 Å². The van der Waals surface area contributed by atoms with Gasteiger partial charge in [0.1, 0.15) is 0 Å². The van der Waals surface area contributed by atoms with Gasteiger partial charge in [0.25, 0.3) is 0 Å². The maximum atomic E-state index is 11.7. The summed E-state index contributed by atoms with van der Waals surface area (Å²) in [4.78, 5) is 14.0. The van der Waals surface area contributed by atoms with Gasteiger partial charge < -0.3 is 4.74 Å². The van der Waals surface area contributed by atoms with E-state index in [2.05, 4.69) is 25.1 Å². The lowest BCUT2D eigenvalue weighted by Gasteiger charge is -2.25. The molecule has 0 amide bonds. The highest BCUT2D eigenvalue weighted by Gasteiger charge is 2.15. The molecule has 0 aromatic heterocycles. The van der Waals surface area contributed by atoms with Crippen molar-refractivity contribution in [3.63, 3.8) is 0 Å². The zero-order chi connectivity index (χ0) is 14.3. The molecule has 0 radical (unpaired) electrons. The molecular weight excluding hydrogens is 258 g/mol. The Labute approximate surface area is 120 Å². The first-order chi connectivity index (χ1) is 9.10. The van der Waals surface area contributed by atoms with Crippen molar-refractivity contribution < 1.29 is 9.53 Å². The lowest BCUT2D eigenvalue weighted by atomic mass is 10.1. The maximum Gasteiger partial charge on any atom is 0.338 e. The molecule has 0 aliphatic heterocycles. The number of ether oxygens (including phenoxy) is 1. The Morgan fingerprint density at radius 2 is 2.11 bits per heavy atom. The van der Waals surface area contributed by atoms with Crippen molar-refractivity contribution in [2.45, 2.75) is 25.9 Å². The van der Waals surface area contributed by atoms with Gasteiger partial charge in [-0.3, -0.25) is 4.90 Å². The quantitative estimate of drug-likeness (QED) is 0.719. The number of hydrogen-bond donors (Lipinski definition) is 0. The second-order valence-corrected chi connectivity index (χ2v) is 5.68. The van der Waals surface area contributed by atoms with Crippen LogP contribution in [0.25, 0.3) is 0 Å². The fraction of sp³-hybridized carbons (Fsp3) is 0.533. The van der Waals surface area contributed by atoms with E-state index >= 15 is 0 Å². The van der Waals surface area contributed by atoms with Crippen LogP contribution in [0.1, 0.15) is 29.3 Å². The van der Waals surface area contributed by atoms with Crippen LogP contribution in [0.15, 0.2) is 24.3 Å². The molecule has 0 spiro atoms. The van der Waals surface area contributed by atoms with Crippen LogP contribution < -0.4 is 0 Å². The Morgan fingerprint density at radius 1 is 1.42 bits per heavy atom. The summed E-state index contributed by atoms with van der Waals surface area (Å²) in [6.45, 7) is 2.98. The number of nitrogens with zero attached hydrogens (tertiary/aromatic N) is 1. The smallest absolute Gasteiger partial charge is 0.338 e. The summed E-state index contributed by atoms with van der Waals surface area (Å²) in [5.74, 6) is 0.894. The van der Waals surface area contributed by atoms with Gasteiger partial charge >= 0.3 is 5.97 Å². The molecule has 1 atom stereocenters. The van der Waals surface area contributed by atoms with E-state index in [0.29, 0.717) is 11.6 Å². The van der Waals surface area contributed by atoms with Crippen LogP contribution >= 0.6 is 11.8 Å². The molecule has 0 saturated heterocycles. The maximum absolute atomic E-state index is 11.7. The summed E-state index contributed by atoms with van der Waals surface area (Å²) in [6, 6.07) is 8.14. The standard InChI is InChI=1S/C15H23NO2S/c1-12(9-10-19-4)16(2)11-13-7-5-6-8-14(13)15(17)18-3/h5-8,12H,9-11H2,1-4H3. The normalized spacial score (nSPS) is 12.5. The number of methoxy groups -OCH3 is 1. The Kier molecular flexibility index (Phi) is 6.95. The van der Waals surface area contributed by atoms with Crippen molar-refractivity contribution in [2.75, 3.05) is 26.2 Å². The van der Waals surface area contributed by atoms with Crippen molar-refractivity contribution in [3.05, 3.63) is 35.4 Å². The van der Waals surface area contributed by atoms with Crippen LogP contribution in [-0.4, -0.2) is 43.1 Å². The minimum Gasteiger partial charge on any atom is -0.465 e. The first-order valence-electron chi connectivity index (χ1n) is 6.45. The Morgan fingerprint density at radius 3 is 2.74 bits per heavy atom. The van der Waals surface area contributed by atoms with E-state index in [1.807, 2.05) is 36.0 Å². The summed E-state index contributed by atoms with van der Waals surface area (Å²) in [5.41, 5.74) is 1.68. The molecule has 19 heavy (non-hydrogen) atoms. The van der Waals surface area contributed by atoms with Crippen LogP contribution in [0.3, 0.4) is 0 Å². The molecule has 1 aromatic carbocycles. The number of esters is 1. The number of carbonyl (C=O) groups is 1. The summed E-state index contributed by atoms with van der Waals surface area (Å²) < 4.78 is 4.82. The molecule has 1 unspecified atom stereocenters. The fourth-order valence-corrected chi connectivity index (χ4v) is 2.48. The average molecular weight is 281 g/mol. The second kappa shape index (κ2) is 8.23. The molecule has 0 aliphatic carbocycles. The van der Waals surface area contributed by atoms with Gasteiger partial charge in [0, 0.05) is 12.6 Å². The van der Waals surface area contributed by atoms with E-state index in [-0.39, 0.29) is 5.97 Å². The molecule has 0 fully saturated rings. The topological polar surface area (TPSA) is 29.5 Å². The van der Waals surface area contributed by atoms with Crippen molar-refractivity contribution in [1.82, 2.24) is 4.90 Å². The summed E-state index contributed by atoms with van der Waals surface area (Å²) in [6.07, 6.45) is 3.28. The van der Waals surface area contributed by atoms with E-state index in [1.165, 1.54) is 7.11 Å². The molecule has 0 aliphatic rings. The minimum atomic E-state index is -0.263. The van der Waals surface area contributed by atoms with E-state index in [9.17, 15) is 4.79 Å². The van der Waals surface area contributed by atoms with E-state index in [4.69, 9.17) is 4.74 Å². The van der Waals surface area contributed by atoms with Crippen LogP contribution in [0.2, 0.25) is 0 Å². The molecule has 3 nitrogen and oxygen atoms in total. The molecule has 4 heteroatoms. The number of carbonyl (C=O) groups excluding carboxylic acids is 1. The first kappa shape index (κ1) is 16.1. The summed E-state index contributed by atoms with van der Waals surface area (Å²) in [7, 11) is 3.52.